The lowest BCUT2D eigenvalue weighted by atomic mass is 9.89. The first-order chi connectivity index (χ1) is 10.4. The lowest BCUT2D eigenvalue weighted by molar-refractivity contribution is -0.132. The molecular formula is C19H27NO2. The summed E-state index contributed by atoms with van der Waals surface area (Å²) >= 11 is 0. The fourth-order valence-electron chi connectivity index (χ4n) is 3.03. The summed E-state index contributed by atoms with van der Waals surface area (Å²) < 4.78 is 0. The summed E-state index contributed by atoms with van der Waals surface area (Å²) in [6, 6.07) is 9.96. The molecule has 120 valence electrons. The predicted octanol–water partition coefficient (Wildman–Crippen LogP) is 4.47. The van der Waals surface area contributed by atoms with Crippen LogP contribution in [0, 0.1) is 11.8 Å². The Morgan fingerprint density at radius 3 is 2.36 bits per heavy atom. The van der Waals surface area contributed by atoms with Gasteiger partial charge in [0.1, 0.15) is 5.76 Å². The predicted molar refractivity (Wildman–Crippen MR) is 89.5 cm³/mol. The van der Waals surface area contributed by atoms with Crippen molar-refractivity contribution < 1.29 is 9.90 Å². The smallest absolute Gasteiger partial charge is 0.253 e. The Labute approximate surface area is 133 Å². The molecule has 1 aliphatic heterocycles. The highest BCUT2D eigenvalue weighted by molar-refractivity contribution is 5.95. The maximum atomic E-state index is 12.9. The molecular weight excluding hydrogens is 274 g/mol. The zero-order chi connectivity index (χ0) is 16.3. The van der Waals surface area contributed by atoms with Gasteiger partial charge in [-0.25, -0.2) is 0 Å². The number of hydrogen-bond acceptors (Lipinski definition) is 2. The minimum Gasteiger partial charge on any atom is -0.512 e. The second kappa shape index (κ2) is 6.99. The van der Waals surface area contributed by atoms with Crippen LogP contribution in [-0.2, 0) is 4.79 Å². The van der Waals surface area contributed by atoms with Crippen molar-refractivity contribution in [3.63, 3.8) is 0 Å². The lowest BCUT2D eigenvalue weighted by Gasteiger charge is -2.38. The largest absolute Gasteiger partial charge is 0.512 e. The molecule has 1 aliphatic rings. The third-order valence-electron chi connectivity index (χ3n) is 4.27. The molecule has 0 bridgehead atoms. The van der Waals surface area contributed by atoms with Gasteiger partial charge in [-0.05, 0) is 23.8 Å². The number of rotatable bonds is 5. The Bertz CT molecular complexity index is 546. The van der Waals surface area contributed by atoms with E-state index < -0.39 is 0 Å². The summed E-state index contributed by atoms with van der Waals surface area (Å²) in [5.41, 5.74) is 1.67. The maximum Gasteiger partial charge on any atom is 0.253 e. The molecule has 22 heavy (non-hydrogen) atoms. The zero-order valence-electron chi connectivity index (χ0n) is 14.0. The molecule has 0 radical (unpaired) electrons. The molecule has 2 rings (SSSR count). The third-order valence-corrected chi connectivity index (χ3v) is 4.27. The van der Waals surface area contributed by atoms with Gasteiger partial charge in [0.15, 0.2) is 0 Å². The van der Waals surface area contributed by atoms with Gasteiger partial charge in [0.25, 0.3) is 5.91 Å². The van der Waals surface area contributed by atoms with E-state index in [-0.39, 0.29) is 23.6 Å². The van der Waals surface area contributed by atoms with E-state index in [0.29, 0.717) is 17.9 Å². The SMILES string of the molecule is CC(C)CCN1C(=O)C(C(C)C)=C(O)C[C@@H]1c1ccccc1. The Morgan fingerprint density at radius 1 is 1.18 bits per heavy atom. The number of carbonyl (C=O) groups is 1. The Hall–Kier alpha value is -1.77. The van der Waals surface area contributed by atoms with Crippen LogP contribution < -0.4 is 0 Å². The topological polar surface area (TPSA) is 40.5 Å². The van der Waals surface area contributed by atoms with Crippen molar-refractivity contribution in [1.82, 2.24) is 4.90 Å². The van der Waals surface area contributed by atoms with Gasteiger partial charge >= 0.3 is 0 Å². The number of aliphatic hydroxyl groups excluding tert-OH is 1. The van der Waals surface area contributed by atoms with Gasteiger partial charge in [0.2, 0.25) is 0 Å². The van der Waals surface area contributed by atoms with Crippen LogP contribution in [0.4, 0.5) is 0 Å². The molecule has 3 heteroatoms. The highest BCUT2D eigenvalue weighted by atomic mass is 16.3. The second-order valence-electron chi connectivity index (χ2n) is 6.83. The molecule has 0 unspecified atom stereocenters. The van der Waals surface area contributed by atoms with Crippen molar-refractivity contribution in [3.8, 4) is 0 Å². The van der Waals surface area contributed by atoms with Crippen molar-refractivity contribution in [1.29, 1.82) is 0 Å². The summed E-state index contributed by atoms with van der Waals surface area (Å²) in [6.45, 7) is 9.00. The van der Waals surface area contributed by atoms with Crippen molar-refractivity contribution in [2.75, 3.05) is 6.54 Å². The molecule has 0 fully saturated rings. The maximum absolute atomic E-state index is 12.9. The van der Waals surface area contributed by atoms with E-state index in [1.165, 1.54) is 0 Å². The molecule has 0 saturated heterocycles. The van der Waals surface area contributed by atoms with E-state index in [1.807, 2.05) is 49.1 Å². The Morgan fingerprint density at radius 2 is 1.82 bits per heavy atom. The average molecular weight is 301 g/mol. The summed E-state index contributed by atoms with van der Waals surface area (Å²) in [4.78, 5) is 14.8. The number of aliphatic hydroxyl groups is 1. The van der Waals surface area contributed by atoms with E-state index in [2.05, 4.69) is 13.8 Å². The van der Waals surface area contributed by atoms with E-state index in [4.69, 9.17) is 0 Å². The minimum absolute atomic E-state index is 0.00625. The summed E-state index contributed by atoms with van der Waals surface area (Å²) in [5, 5.41) is 10.4. The van der Waals surface area contributed by atoms with Gasteiger partial charge in [-0.3, -0.25) is 4.79 Å². The van der Waals surface area contributed by atoms with E-state index >= 15 is 0 Å². The normalized spacial score (nSPS) is 19.5. The first kappa shape index (κ1) is 16.6. The van der Waals surface area contributed by atoms with Crippen molar-refractivity contribution in [2.24, 2.45) is 11.8 Å². The Kier molecular flexibility index (Phi) is 5.28. The molecule has 0 aliphatic carbocycles. The molecule has 1 heterocycles. The molecule has 1 atom stereocenters. The summed E-state index contributed by atoms with van der Waals surface area (Å²) in [5.74, 6) is 0.847. The van der Waals surface area contributed by atoms with Crippen molar-refractivity contribution >= 4 is 5.91 Å². The number of carbonyl (C=O) groups excluding carboxylic acids is 1. The number of benzene rings is 1. The molecule has 0 aromatic heterocycles. The lowest BCUT2D eigenvalue weighted by Crippen LogP contribution is -2.42. The molecule has 1 N–H and O–H groups in total. The van der Waals surface area contributed by atoms with Crippen LogP contribution in [-0.4, -0.2) is 22.5 Å². The van der Waals surface area contributed by atoms with Crippen LogP contribution in [0.15, 0.2) is 41.7 Å². The van der Waals surface area contributed by atoms with Crippen molar-refractivity contribution in [3.05, 3.63) is 47.2 Å². The molecule has 0 saturated carbocycles. The molecule has 1 aromatic carbocycles. The summed E-state index contributed by atoms with van der Waals surface area (Å²) in [7, 11) is 0. The number of hydrogen-bond donors (Lipinski definition) is 1. The van der Waals surface area contributed by atoms with Gasteiger partial charge in [-0.15, -0.1) is 0 Å². The van der Waals surface area contributed by atoms with Crippen LogP contribution >= 0.6 is 0 Å². The molecule has 1 aromatic rings. The molecule has 0 spiro atoms. The van der Waals surface area contributed by atoms with E-state index in [9.17, 15) is 9.90 Å². The average Bonchev–Trinajstić information content (AvgIpc) is 2.46. The van der Waals surface area contributed by atoms with Crippen LogP contribution in [0.5, 0.6) is 0 Å². The highest BCUT2D eigenvalue weighted by Crippen LogP contribution is 2.36. The highest BCUT2D eigenvalue weighted by Gasteiger charge is 2.36. The molecule has 1 amide bonds. The van der Waals surface area contributed by atoms with E-state index in [1.54, 1.807) is 0 Å². The first-order valence-corrected chi connectivity index (χ1v) is 8.19. The zero-order valence-corrected chi connectivity index (χ0v) is 14.0. The monoisotopic (exact) mass is 301 g/mol. The van der Waals surface area contributed by atoms with Crippen molar-refractivity contribution in [2.45, 2.75) is 46.6 Å². The van der Waals surface area contributed by atoms with Gasteiger partial charge in [0.05, 0.1) is 11.6 Å². The van der Waals surface area contributed by atoms with E-state index in [0.717, 1.165) is 18.5 Å². The van der Waals surface area contributed by atoms with Crippen LogP contribution in [0.1, 0.15) is 52.1 Å². The van der Waals surface area contributed by atoms with Gasteiger partial charge in [0, 0.05) is 13.0 Å². The van der Waals surface area contributed by atoms with Gasteiger partial charge < -0.3 is 10.0 Å². The van der Waals surface area contributed by atoms with Gasteiger partial charge in [-0.1, -0.05) is 58.0 Å². The minimum atomic E-state index is -0.0602. The standard InChI is InChI=1S/C19H27NO2/c1-13(2)10-11-20-16(15-8-6-5-7-9-15)12-17(21)18(14(3)4)19(20)22/h5-9,13-14,16,21H,10-12H2,1-4H3/t16-/m1/s1. The third kappa shape index (κ3) is 3.52. The first-order valence-electron chi connectivity index (χ1n) is 8.19. The number of amides is 1. The fraction of sp³-hybridized carbons (Fsp3) is 0.526. The quantitative estimate of drug-likeness (QED) is 0.871. The second-order valence-corrected chi connectivity index (χ2v) is 6.83. The Balaban J connectivity index is 2.36. The summed E-state index contributed by atoms with van der Waals surface area (Å²) in [6.07, 6.45) is 1.49. The number of nitrogens with zero attached hydrogens (tertiary/aromatic N) is 1. The van der Waals surface area contributed by atoms with Crippen LogP contribution in [0.2, 0.25) is 0 Å². The molecule has 3 nitrogen and oxygen atoms in total. The van der Waals surface area contributed by atoms with Crippen LogP contribution in [0.25, 0.3) is 0 Å². The van der Waals surface area contributed by atoms with Gasteiger partial charge in [-0.2, -0.15) is 0 Å². The fourth-order valence-corrected chi connectivity index (χ4v) is 3.03. The van der Waals surface area contributed by atoms with Crippen LogP contribution in [0.3, 0.4) is 0 Å².